The van der Waals surface area contributed by atoms with Gasteiger partial charge in [-0.05, 0) is 24.1 Å². The second kappa shape index (κ2) is 6.02. The van der Waals surface area contributed by atoms with E-state index in [1.54, 1.807) is 10.7 Å². The molecule has 3 heterocycles. The number of nitrogens with zero attached hydrogens (tertiary/aromatic N) is 3. The van der Waals surface area contributed by atoms with Gasteiger partial charge in [0, 0.05) is 49.3 Å². The summed E-state index contributed by atoms with van der Waals surface area (Å²) in [6.45, 7) is 2.06. The third-order valence-corrected chi connectivity index (χ3v) is 4.88. The molecule has 2 aromatic rings. The Balaban J connectivity index is 1.46. The molecule has 6 nitrogen and oxygen atoms in total. The summed E-state index contributed by atoms with van der Waals surface area (Å²) in [5.74, 6) is 1.08. The number of nitrogens with one attached hydrogen (secondary N) is 1. The topological polar surface area (TPSA) is 59.4 Å². The van der Waals surface area contributed by atoms with Crippen LogP contribution in [-0.2, 0) is 13.5 Å². The number of aromatic nitrogens is 2. The molecule has 2 aliphatic heterocycles. The van der Waals surface area contributed by atoms with E-state index in [-0.39, 0.29) is 6.03 Å². The molecule has 0 spiro atoms. The predicted molar refractivity (Wildman–Crippen MR) is 91.8 cm³/mol. The van der Waals surface area contributed by atoms with E-state index in [1.807, 2.05) is 30.4 Å². The van der Waals surface area contributed by atoms with Crippen LogP contribution in [0.25, 0.3) is 0 Å². The van der Waals surface area contributed by atoms with Crippen molar-refractivity contribution in [3.63, 3.8) is 0 Å². The van der Waals surface area contributed by atoms with E-state index in [1.165, 1.54) is 5.56 Å². The number of hydrogen-bond acceptors (Lipinski definition) is 3. The lowest BCUT2D eigenvalue weighted by molar-refractivity contribution is 0.222. The number of hydrogen-bond donors (Lipinski definition) is 1. The number of benzene rings is 1. The largest absolute Gasteiger partial charge is 0.491 e. The summed E-state index contributed by atoms with van der Waals surface area (Å²) in [4.78, 5) is 14.4. The van der Waals surface area contributed by atoms with Gasteiger partial charge in [0.25, 0.3) is 0 Å². The maximum Gasteiger partial charge on any atom is 0.321 e. The number of amides is 2. The summed E-state index contributed by atoms with van der Waals surface area (Å²) in [5, 5.41) is 7.79. The van der Waals surface area contributed by atoms with Crippen molar-refractivity contribution in [3.05, 3.63) is 40.7 Å². The standard InChI is InChI=1S/C17H19ClN4O2/c1-21-9-13(8-19-21)12-2-4-22(10-12)17(23)20-15-7-14(18)6-11-3-5-24-16(11)15/h6-9,12H,2-5,10H2,1H3,(H,20,23). The van der Waals surface area contributed by atoms with Crippen molar-refractivity contribution in [1.29, 1.82) is 0 Å². The van der Waals surface area contributed by atoms with Crippen LogP contribution < -0.4 is 10.1 Å². The molecule has 1 saturated heterocycles. The number of urea groups is 1. The average molecular weight is 347 g/mol. The molecule has 0 bridgehead atoms. The van der Waals surface area contributed by atoms with Crippen LogP contribution >= 0.6 is 11.6 Å². The van der Waals surface area contributed by atoms with Gasteiger partial charge in [-0.2, -0.15) is 5.10 Å². The predicted octanol–water partition coefficient (Wildman–Crippen LogP) is 3.03. The van der Waals surface area contributed by atoms with E-state index in [0.717, 1.165) is 30.7 Å². The lowest BCUT2D eigenvalue weighted by atomic mass is 10.0. The number of ether oxygens (including phenoxy) is 1. The first-order valence-corrected chi connectivity index (χ1v) is 8.47. The Bertz CT molecular complexity index is 789. The highest BCUT2D eigenvalue weighted by Gasteiger charge is 2.29. The Hall–Kier alpha value is -2.21. The van der Waals surface area contributed by atoms with Crippen molar-refractivity contribution in [2.75, 3.05) is 25.0 Å². The third kappa shape index (κ3) is 2.82. The van der Waals surface area contributed by atoms with E-state index in [4.69, 9.17) is 16.3 Å². The second-order valence-corrected chi connectivity index (χ2v) is 6.79. The molecular weight excluding hydrogens is 328 g/mol. The van der Waals surface area contributed by atoms with E-state index < -0.39 is 0 Å². The van der Waals surface area contributed by atoms with Crippen molar-refractivity contribution in [2.45, 2.75) is 18.8 Å². The smallest absolute Gasteiger partial charge is 0.321 e. The molecule has 7 heteroatoms. The molecule has 0 radical (unpaired) electrons. The molecular formula is C17H19ClN4O2. The van der Waals surface area contributed by atoms with Crippen LogP contribution in [-0.4, -0.2) is 40.4 Å². The minimum Gasteiger partial charge on any atom is -0.491 e. The molecule has 1 unspecified atom stereocenters. The fourth-order valence-corrected chi connectivity index (χ4v) is 3.66. The number of carbonyl (C=O) groups excluding carboxylic acids is 1. The summed E-state index contributed by atoms with van der Waals surface area (Å²) in [6.07, 6.45) is 5.67. The summed E-state index contributed by atoms with van der Waals surface area (Å²) < 4.78 is 7.43. The molecule has 1 N–H and O–H groups in total. The van der Waals surface area contributed by atoms with Gasteiger partial charge in [0.05, 0.1) is 18.5 Å². The Morgan fingerprint density at radius 3 is 3.12 bits per heavy atom. The summed E-state index contributed by atoms with van der Waals surface area (Å²) in [7, 11) is 1.91. The van der Waals surface area contributed by atoms with Crippen molar-refractivity contribution in [3.8, 4) is 5.75 Å². The minimum atomic E-state index is -0.110. The Kier molecular flexibility index (Phi) is 3.84. The fourth-order valence-electron chi connectivity index (χ4n) is 3.42. The van der Waals surface area contributed by atoms with E-state index in [0.29, 0.717) is 29.8 Å². The van der Waals surface area contributed by atoms with Gasteiger partial charge in [-0.25, -0.2) is 4.79 Å². The van der Waals surface area contributed by atoms with E-state index in [2.05, 4.69) is 10.4 Å². The zero-order valence-corrected chi connectivity index (χ0v) is 14.2. The molecule has 0 aliphatic carbocycles. The normalized spacial score (nSPS) is 19.2. The van der Waals surface area contributed by atoms with E-state index >= 15 is 0 Å². The van der Waals surface area contributed by atoms with Crippen molar-refractivity contribution in [2.24, 2.45) is 7.05 Å². The lowest BCUT2D eigenvalue weighted by Crippen LogP contribution is -2.32. The van der Waals surface area contributed by atoms with Crippen LogP contribution in [0.1, 0.15) is 23.5 Å². The zero-order chi connectivity index (χ0) is 16.7. The van der Waals surface area contributed by atoms with Crippen LogP contribution in [0, 0.1) is 0 Å². The molecule has 2 amide bonds. The van der Waals surface area contributed by atoms with Crippen LogP contribution in [0.4, 0.5) is 10.5 Å². The highest BCUT2D eigenvalue weighted by atomic mass is 35.5. The zero-order valence-electron chi connectivity index (χ0n) is 13.5. The summed E-state index contributed by atoms with van der Waals surface area (Å²) in [6, 6.07) is 3.54. The van der Waals surface area contributed by atoms with Crippen molar-refractivity contribution < 1.29 is 9.53 Å². The highest BCUT2D eigenvalue weighted by Crippen LogP contribution is 2.37. The van der Waals surface area contributed by atoms with Gasteiger partial charge >= 0.3 is 6.03 Å². The lowest BCUT2D eigenvalue weighted by Gasteiger charge is -2.18. The number of anilines is 1. The number of halogens is 1. The molecule has 4 rings (SSSR count). The van der Waals surface area contributed by atoms with Gasteiger partial charge in [0.2, 0.25) is 0 Å². The summed E-state index contributed by atoms with van der Waals surface area (Å²) >= 11 is 6.15. The first kappa shape index (κ1) is 15.3. The Morgan fingerprint density at radius 2 is 2.33 bits per heavy atom. The number of carbonyl (C=O) groups is 1. The molecule has 1 atom stereocenters. The second-order valence-electron chi connectivity index (χ2n) is 6.35. The van der Waals surface area contributed by atoms with Gasteiger partial charge in [-0.15, -0.1) is 0 Å². The van der Waals surface area contributed by atoms with Gasteiger partial charge in [0.1, 0.15) is 5.75 Å². The monoisotopic (exact) mass is 346 g/mol. The number of fused-ring (bicyclic) bond motifs is 1. The summed E-state index contributed by atoms with van der Waals surface area (Å²) in [5.41, 5.74) is 2.89. The highest BCUT2D eigenvalue weighted by molar-refractivity contribution is 6.31. The van der Waals surface area contributed by atoms with Crippen LogP contribution in [0.5, 0.6) is 5.75 Å². The van der Waals surface area contributed by atoms with E-state index in [9.17, 15) is 4.79 Å². The minimum absolute atomic E-state index is 0.110. The van der Waals surface area contributed by atoms with Gasteiger partial charge in [0.15, 0.2) is 0 Å². The molecule has 126 valence electrons. The number of rotatable bonds is 2. The third-order valence-electron chi connectivity index (χ3n) is 4.66. The maximum atomic E-state index is 12.6. The molecule has 0 saturated carbocycles. The van der Waals surface area contributed by atoms with Gasteiger partial charge < -0.3 is 15.0 Å². The SMILES string of the molecule is Cn1cc(C2CCN(C(=O)Nc3cc(Cl)cc4c3OCC4)C2)cn1. The van der Waals surface area contributed by atoms with Crippen LogP contribution in [0.2, 0.25) is 5.02 Å². The van der Waals surface area contributed by atoms with Crippen LogP contribution in [0.3, 0.4) is 0 Å². The molecule has 2 aliphatic rings. The molecule has 24 heavy (non-hydrogen) atoms. The van der Waals surface area contributed by atoms with Crippen molar-refractivity contribution in [1.82, 2.24) is 14.7 Å². The quantitative estimate of drug-likeness (QED) is 0.909. The fraction of sp³-hybridized carbons (Fsp3) is 0.412. The maximum absolute atomic E-state index is 12.6. The molecule has 1 aromatic heterocycles. The van der Waals surface area contributed by atoms with Crippen molar-refractivity contribution >= 4 is 23.3 Å². The number of likely N-dealkylation sites (tertiary alicyclic amines) is 1. The Labute approximate surface area is 145 Å². The molecule has 1 aromatic carbocycles. The van der Waals surface area contributed by atoms with Gasteiger partial charge in [-0.1, -0.05) is 11.6 Å². The Morgan fingerprint density at radius 1 is 1.46 bits per heavy atom. The van der Waals surface area contributed by atoms with Gasteiger partial charge in [-0.3, -0.25) is 4.68 Å². The van der Waals surface area contributed by atoms with Crippen LogP contribution in [0.15, 0.2) is 24.5 Å². The first-order chi connectivity index (χ1) is 11.6. The average Bonchev–Trinajstić information content (AvgIpc) is 3.25. The number of aryl methyl sites for hydroxylation is 1. The first-order valence-electron chi connectivity index (χ1n) is 8.10. The molecule has 1 fully saturated rings.